The summed E-state index contributed by atoms with van der Waals surface area (Å²) in [6.07, 6.45) is 1.57. The van der Waals surface area contributed by atoms with Crippen molar-refractivity contribution in [3.8, 4) is 0 Å². The maximum atomic E-state index is 13.3. The van der Waals surface area contributed by atoms with E-state index in [4.69, 9.17) is 0 Å². The minimum Gasteiger partial charge on any atom is -0.377 e. The number of nitrogens with one attached hydrogen (secondary N) is 1. The summed E-state index contributed by atoms with van der Waals surface area (Å²) in [6, 6.07) is 2.93. The lowest BCUT2D eigenvalue weighted by atomic mass is 10.2. The molecule has 18 heavy (non-hydrogen) atoms. The lowest BCUT2D eigenvalue weighted by molar-refractivity contribution is 0.496. The van der Waals surface area contributed by atoms with E-state index in [1.54, 1.807) is 19.2 Å². The SMILES string of the molecule is Cc1nccc(CNc2cc(F)c(F)cc2F)n1. The number of aryl methyl sites for hydroxylation is 1. The highest BCUT2D eigenvalue weighted by molar-refractivity contribution is 5.45. The van der Waals surface area contributed by atoms with Crippen molar-refractivity contribution in [3.63, 3.8) is 0 Å². The van der Waals surface area contributed by atoms with Crippen LogP contribution in [0.5, 0.6) is 0 Å². The number of halogens is 3. The largest absolute Gasteiger partial charge is 0.377 e. The maximum Gasteiger partial charge on any atom is 0.161 e. The second-order valence-corrected chi connectivity index (χ2v) is 3.69. The molecular weight excluding hydrogens is 243 g/mol. The van der Waals surface area contributed by atoms with Gasteiger partial charge in [0, 0.05) is 18.3 Å². The predicted octanol–water partition coefficient (Wildman–Crippen LogP) is 2.81. The van der Waals surface area contributed by atoms with Crippen LogP contribution >= 0.6 is 0 Å². The van der Waals surface area contributed by atoms with Gasteiger partial charge in [-0.2, -0.15) is 0 Å². The van der Waals surface area contributed by atoms with Gasteiger partial charge in [0.1, 0.15) is 11.6 Å². The Hall–Kier alpha value is -2.11. The first-order chi connectivity index (χ1) is 8.56. The monoisotopic (exact) mass is 253 g/mol. The summed E-state index contributed by atoms with van der Waals surface area (Å²) >= 11 is 0. The fourth-order valence-electron chi connectivity index (χ4n) is 1.45. The van der Waals surface area contributed by atoms with Crippen molar-refractivity contribution in [1.82, 2.24) is 9.97 Å². The van der Waals surface area contributed by atoms with E-state index in [2.05, 4.69) is 15.3 Å². The van der Waals surface area contributed by atoms with Crippen molar-refractivity contribution in [2.45, 2.75) is 13.5 Å². The minimum atomic E-state index is -1.21. The molecular formula is C12H10F3N3. The van der Waals surface area contributed by atoms with E-state index in [0.717, 1.165) is 6.07 Å². The number of aromatic nitrogens is 2. The van der Waals surface area contributed by atoms with E-state index < -0.39 is 17.5 Å². The van der Waals surface area contributed by atoms with Crippen molar-refractivity contribution in [2.75, 3.05) is 5.32 Å². The van der Waals surface area contributed by atoms with Crippen molar-refractivity contribution in [2.24, 2.45) is 0 Å². The van der Waals surface area contributed by atoms with Crippen LogP contribution in [0, 0.1) is 24.4 Å². The third-order valence-corrected chi connectivity index (χ3v) is 2.30. The summed E-state index contributed by atoms with van der Waals surface area (Å²) in [5, 5.41) is 2.65. The number of rotatable bonds is 3. The van der Waals surface area contributed by atoms with Crippen LogP contribution in [0.15, 0.2) is 24.4 Å². The topological polar surface area (TPSA) is 37.8 Å². The molecule has 1 N–H and O–H groups in total. The highest BCUT2D eigenvalue weighted by Crippen LogP contribution is 2.18. The van der Waals surface area contributed by atoms with E-state index in [9.17, 15) is 13.2 Å². The highest BCUT2D eigenvalue weighted by atomic mass is 19.2. The van der Waals surface area contributed by atoms with Gasteiger partial charge in [-0.1, -0.05) is 0 Å². The molecule has 6 heteroatoms. The van der Waals surface area contributed by atoms with Crippen LogP contribution in [0.3, 0.4) is 0 Å². The van der Waals surface area contributed by atoms with Crippen molar-refractivity contribution in [3.05, 3.63) is 53.4 Å². The molecule has 1 aromatic carbocycles. The summed E-state index contributed by atoms with van der Waals surface area (Å²) in [7, 11) is 0. The average molecular weight is 253 g/mol. The Labute approximate surface area is 102 Å². The molecule has 2 aromatic rings. The summed E-state index contributed by atoms with van der Waals surface area (Å²) in [5.74, 6) is -2.58. The molecule has 94 valence electrons. The number of nitrogens with zero attached hydrogens (tertiary/aromatic N) is 2. The van der Waals surface area contributed by atoms with E-state index in [-0.39, 0.29) is 12.2 Å². The summed E-state index contributed by atoms with van der Waals surface area (Å²) in [6.45, 7) is 1.92. The van der Waals surface area contributed by atoms with Gasteiger partial charge >= 0.3 is 0 Å². The molecule has 1 heterocycles. The molecule has 3 nitrogen and oxygen atoms in total. The molecule has 0 radical (unpaired) electrons. The Kier molecular flexibility index (Phi) is 3.45. The molecule has 0 saturated heterocycles. The van der Waals surface area contributed by atoms with Crippen LogP contribution in [0.2, 0.25) is 0 Å². The molecule has 0 aliphatic carbocycles. The van der Waals surface area contributed by atoms with Gasteiger partial charge in [0.25, 0.3) is 0 Å². The molecule has 0 amide bonds. The van der Waals surface area contributed by atoms with Crippen LogP contribution in [-0.4, -0.2) is 9.97 Å². The molecule has 2 rings (SSSR count). The molecule has 0 saturated carbocycles. The lowest BCUT2D eigenvalue weighted by Gasteiger charge is -2.08. The first-order valence-electron chi connectivity index (χ1n) is 5.23. The molecule has 0 fully saturated rings. The van der Waals surface area contributed by atoms with Crippen LogP contribution in [-0.2, 0) is 6.54 Å². The van der Waals surface area contributed by atoms with Crippen LogP contribution < -0.4 is 5.32 Å². The zero-order valence-electron chi connectivity index (χ0n) is 9.54. The first kappa shape index (κ1) is 12.3. The van der Waals surface area contributed by atoms with E-state index >= 15 is 0 Å². The third kappa shape index (κ3) is 2.77. The Morgan fingerprint density at radius 2 is 1.83 bits per heavy atom. The Morgan fingerprint density at radius 3 is 2.56 bits per heavy atom. The summed E-state index contributed by atoms with van der Waals surface area (Å²) in [4.78, 5) is 8.01. The standard InChI is InChI=1S/C12H10F3N3/c1-7-16-3-2-8(18-7)6-17-12-5-10(14)9(13)4-11(12)15/h2-5,17H,6H2,1H3. The highest BCUT2D eigenvalue weighted by Gasteiger charge is 2.09. The Morgan fingerprint density at radius 1 is 1.11 bits per heavy atom. The molecule has 0 aliphatic heterocycles. The van der Waals surface area contributed by atoms with E-state index in [0.29, 0.717) is 17.6 Å². The molecule has 0 atom stereocenters. The molecule has 0 spiro atoms. The zero-order valence-corrected chi connectivity index (χ0v) is 9.54. The number of anilines is 1. The van der Waals surface area contributed by atoms with Gasteiger partial charge in [0.2, 0.25) is 0 Å². The first-order valence-corrected chi connectivity index (χ1v) is 5.23. The smallest absolute Gasteiger partial charge is 0.161 e. The molecule has 0 unspecified atom stereocenters. The maximum absolute atomic E-state index is 13.3. The van der Waals surface area contributed by atoms with Gasteiger partial charge in [0.05, 0.1) is 17.9 Å². The summed E-state index contributed by atoms with van der Waals surface area (Å²) in [5.41, 5.74) is 0.525. The van der Waals surface area contributed by atoms with Crippen LogP contribution in [0.25, 0.3) is 0 Å². The normalized spacial score (nSPS) is 10.4. The number of hydrogen-bond acceptors (Lipinski definition) is 3. The van der Waals surface area contributed by atoms with Gasteiger partial charge < -0.3 is 5.32 Å². The van der Waals surface area contributed by atoms with Crippen molar-refractivity contribution < 1.29 is 13.2 Å². The number of hydrogen-bond donors (Lipinski definition) is 1. The van der Waals surface area contributed by atoms with Crippen molar-refractivity contribution >= 4 is 5.69 Å². The van der Waals surface area contributed by atoms with Crippen LogP contribution in [0.4, 0.5) is 18.9 Å². The average Bonchev–Trinajstić information content (AvgIpc) is 2.32. The van der Waals surface area contributed by atoms with Gasteiger partial charge in [-0.15, -0.1) is 0 Å². The predicted molar refractivity (Wildman–Crippen MR) is 60.4 cm³/mol. The van der Waals surface area contributed by atoms with Gasteiger partial charge in [-0.3, -0.25) is 0 Å². The molecule has 1 aromatic heterocycles. The van der Waals surface area contributed by atoms with Gasteiger partial charge in [-0.25, -0.2) is 23.1 Å². The van der Waals surface area contributed by atoms with Gasteiger partial charge in [0.15, 0.2) is 11.6 Å². The second-order valence-electron chi connectivity index (χ2n) is 3.69. The fraction of sp³-hybridized carbons (Fsp3) is 0.167. The number of benzene rings is 1. The van der Waals surface area contributed by atoms with Crippen LogP contribution in [0.1, 0.15) is 11.5 Å². The zero-order chi connectivity index (χ0) is 13.1. The van der Waals surface area contributed by atoms with Crippen molar-refractivity contribution in [1.29, 1.82) is 0 Å². The van der Waals surface area contributed by atoms with E-state index in [1.807, 2.05) is 0 Å². The minimum absolute atomic E-state index is 0.106. The quantitative estimate of drug-likeness (QED) is 0.855. The lowest BCUT2D eigenvalue weighted by Crippen LogP contribution is -2.05. The molecule has 0 aliphatic rings. The fourth-order valence-corrected chi connectivity index (χ4v) is 1.45. The summed E-state index contributed by atoms with van der Waals surface area (Å²) < 4.78 is 39.0. The van der Waals surface area contributed by atoms with Gasteiger partial charge in [-0.05, 0) is 13.0 Å². The molecule has 0 bridgehead atoms. The third-order valence-electron chi connectivity index (χ3n) is 2.30. The Balaban J connectivity index is 2.13. The van der Waals surface area contributed by atoms with E-state index in [1.165, 1.54) is 0 Å². The Bertz CT molecular complexity index is 572. The second kappa shape index (κ2) is 5.03.